The highest BCUT2D eigenvalue weighted by molar-refractivity contribution is 6.01. The predicted octanol–water partition coefficient (Wildman–Crippen LogP) is 2.67. The van der Waals surface area contributed by atoms with Crippen LogP contribution in [-0.4, -0.2) is 11.6 Å². The standard InChI is InChI=1S/C15H18N2O/c1-10-7-8-13(15(16)18)9-14(10)17-11(2)12-5-3-4-6-12/h3,5-8,13H,4,9H2,1-2H3,(H2,16,18). The largest absolute Gasteiger partial charge is 0.369 e. The third kappa shape index (κ3) is 2.67. The monoisotopic (exact) mass is 242 g/mol. The molecule has 0 heterocycles. The van der Waals surface area contributed by atoms with Crippen molar-refractivity contribution in [2.45, 2.75) is 26.7 Å². The zero-order valence-electron chi connectivity index (χ0n) is 10.8. The molecule has 94 valence electrons. The number of primary amides is 1. The number of amides is 1. The van der Waals surface area contributed by atoms with Gasteiger partial charge in [-0.05, 0) is 31.4 Å². The van der Waals surface area contributed by atoms with Crippen molar-refractivity contribution in [2.75, 3.05) is 0 Å². The number of allylic oxidation sites excluding steroid dienone is 7. The highest BCUT2D eigenvalue weighted by Crippen LogP contribution is 2.25. The van der Waals surface area contributed by atoms with Crippen molar-refractivity contribution in [3.05, 3.63) is 47.2 Å². The number of nitrogens with two attached hydrogens (primary N) is 1. The SMILES string of the molecule is CC(=NC1=C(C)C=CC(C(N)=O)C1)C1=CCC=C1. The van der Waals surface area contributed by atoms with Crippen molar-refractivity contribution < 1.29 is 4.79 Å². The minimum absolute atomic E-state index is 0.228. The van der Waals surface area contributed by atoms with Crippen molar-refractivity contribution in [3.8, 4) is 0 Å². The normalized spacial score (nSPS) is 23.6. The molecule has 0 aromatic heterocycles. The fourth-order valence-electron chi connectivity index (χ4n) is 2.12. The zero-order chi connectivity index (χ0) is 13.1. The minimum Gasteiger partial charge on any atom is -0.369 e. The Balaban J connectivity index is 2.22. The number of carbonyl (C=O) groups is 1. The average molecular weight is 242 g/mol. The van der Waals surface area contributed by atoms with E-state index in [4.69, 9.17) is 5.73 Å². The third-order valence-electron chi connectivity index (χ3n) is 3.30. The Kier molecular flexibility index (Phi) is 3.60. The zero-order valence-corrected chi connectivity index (χ0v) is 10.8. The maximum Gasteiger partial charge on any atom is 0.224 e. The first-order valence-corrected chi connectivity index (χ1v) is 6.17. The molecule has 0 saturated carbocycles. The predicted molar refractivity (Wildman–Crippen MR) is 74.1 cm³/mol. The second kappa shape index (κ2) is 5.17. The van der Waals surface area contributed by atoms with Gasteiger partial charge in [-0.3, -0.25) is 9.79 Å². The second-order valence-corrected chi connectivity index (χ2v) is 4.70. The summed E-state index contributed by atoms with van der Waals surface area (Å²) in [4.78, 5) is 15.9. The van der Waals surface area contributed by atoms with Crippen LogP contribution in [0.1, 0.15) is 26.7 Å². The van der Waals surface area contributed by atoms with Gasteiger partial charge in [-0.2, -0.15) is 0 Å². The molecule has 1 atom stereocenters. The van der Waals surface area contributed by atoms with E-state index in [0.29, 0.717) is 6.42 Å². The van der Waals surface area contributed by atoms with Gasteiger partial charge in [0.2, 0.25) is 5.91 Å². The van der Waals surface area contributed by atoms with Gasteiger partial charge >= 0.3 is 0 Å². The Morgan fingerprint density at radius 2 is 2.22 bits per heavy atom. The van der Waals surface area contributed by atoms with Crippen LogP contribution < -0.4 is 5.73 Å². The topological polar surface area (TPSA) is 55.4 Å². The molecule has 0 fully saturated rings. The van der Waals surface area contributed by atoms with Gasteiger partial charge in [0.25, 0.3) is 0 Å². The van der Waals surface area contributed by atoms with Crippen molar-refractivity contribution in [3.63, 3.8) is 0 Å². The van der Waals surface area contributed by atoms with Gasteiger partial charge < -0.3 is 5.73 Å². The molecule has 1 unspecified atom stereocenters. The summed E-state index contributed by atoms with van der Waals surface area (Å²) in [7, 11) is 0. The maximum atomic E-state index is 11.2. The van der Waals surface area contributed by atoms with Crippen molar-refractivity contribution in [2.24, 2.45) is 16.6 Å². The van der Waals surface area contributed by atoms with Crippen LogP contribution in [0, 0.1) is 5.92 Å². The highest BCUT2D eigenvalue weighted by atomic mass is 16.1. The molecule has 0 aromatic rings. The maximum absolute atomic E-state index is 11.2. The van der Waals surface area contributed by atoms with Crippen LogP contribution >= 0.6 is 0 Å². The number of hydrogen-bond donors (Lipinski definition) is 1. The molecule has 2 aliphatic rings. The molecule has 3 heteroatoms. The van der Waals surface area contributed by atoms with Gasteiger partial charge in [0, 0.05) is 17.8 Å². The molecular formula is C15H18N2O. The molecule has 2 N–H and O–H groups in total. The first-order chi connectivity index (χ1) is 8.58. The van der Waals surface area contributed by atoms with Gasteiger partial charge in [-0.25, -0.2) is 0 Å². The number of hydrogen-bond acceptors (Lipinski definition) is 2. The van der Waals surface area contributed by atoms with E-state index >= 15 is 0 Å². The smallest absolute Gasteiger partial charge is 0.224 e. The fraction of sp³-hybridized carbons (Fsp3) is 0.333. The summed E-state index contributed by atoms with van der Waals surface area (Å²) < 4.78 is 0. The van der Waals surface area contributed by atoms with Crippen molar-refractivity contribution in [1.29, 1.82) is 0 Å². The summed E-state index contributed by atoms with van der Waals surface area (Å²) in [6.45, 7) is 4.01. The van der Waals surface area contributed by atoms with Crippen LogP contribution in [0.25, 0.3) is 0 Å². The van der Waals surface area contributed by atoms with Crippen LogP contribution in [0.5, 0.6) is 0 Å². The van der Waals surface area contributed by atoms with E-state index in [-0.39, 0.29) is 11.8 Å². The number of rotatable bonds is 3. The first kappa shape index (κ1) is 12.6. The molecular weight excluding hydrogens is 224 g/mol. The van der Waals surface area contributed by atoms with Crippen LogP contribution in [0.2, 0.25) is 0 Å². The van der Waals surface area contributed by atoms with Gasteiger partial charge in [-0.1, -0.05) is 30.4 Å². The highest BCUT2D eigenvalue weighted by Gasteiger charge is 2.19. The number of nitrogens with zero attached hydrogens (tertiary/aromatic N) is 1. The lowest BCUT2D eigenvalue weighted by molar-refractivity contribution is -0.120. The Hall–Kier alpha value is -1.90. The van der Waals surface area contributed by atoms with E-state index in [0.717, 1.165) is 23.4 Å². The lowest BCUT2D eigenvalue weighted by atomic mass is 9.94. The van der Waals surface area contributed by atoms with Gasteiger partial charge in [-0.15, -0.1) is 0 Å². The van der Waals surface area contributed by atoms with E-state index < -0.39 is 0 Å². The minimum atomic E-state index is -0.288. The van der Waals surface area contributed by atoms with Crippen LogP contribution in [0.4, 0.5) is 0 Å². The molecule has 18 heavy (non-hydrogen) atoms. The quantitative estimate of drug-likeness (QED) is 0.760. The van der Waals surface area contributed by atoms with E-state index in [2.05, 4.69) is 23.2 Å². The van der Waals surface area contributed by atoms with Gasteiger partial charge in [0.1, 0.15) is 0 Å². The summed E-state index contributed by atoms with van der Waals surface area (Å²) in [5.41, 5.74) is 9.57. The average Bonchev–Trinajstić information content (AvgIpc) is 2.85. The molecule has 3 nitrogen and oxygen atoms in total. The van der Waals surface area contributed by atoms with Crippen LogP contribution in [0.3, 0.4) is 0 Å². The van der Waals surface area contributed by atoms with Crippen molar-refractivity contribution >= 4 is 11.6 Å². The fourth-order valence-corrected chi connectivity index (χ4v) is 2.12. The third-order valence-corrected chi connectivity index (χ3v) is 3.30. The van der Waals surface area contributed by atoms with Crippen molar-refractivity contribution in [1.82, 2.24) is 0 Å². The Bertz CT molecular complexity index is 519. The molecule has 0 bridgehead atoms. The lowest BCUT2D eigenvalue weighted by Gasteiger charge is -2.16. The molecule has 0 spiro atoms. The Morgan fingerprint density at radius 3 is 2.83 bits per heavy atom. The number of aliphatic imine (C=N–C) groups is 1. The summed E-state index contributed by atoms with van der Waals surface area (Å²) in [5, 5.41) is 0. The van der Waals surface area contributed by atoms with Crippen LogP contribution in [0.15, 0.2) is 52.2 Å². The molecule has 0 aliphatic heterocycles. The summed E-state index contributed by atoms with van der Waals surface area (Å²) in [5.74, 6) is -0.516. The summed E-state index contributed by atoms with van der Waals surface area (Å²) in [6, 6.07) is 0. The molecule has 0 radical (unpaired) electrons. The summed E-state index contributed by atoms with van der Waals surface area (Å²) in [6.07, 6.45) is 11.7. The van der Waals surface area contributed by atoms with E-state index in [9.17, 15) is 4.79 Å². The lowest BCUT2D eigenvalue weighted by Crippen LogP contribution is -2.23. The molecule has 2 aliphatic carbocycles. The van der Waals surface area contributed by atoms with Crippen LogP contribution in [-0.2, 0) is 4.79 Å². The second-order valence-electron chi connectivity index (χ2n) is 4.70. The Morgan fingerprint density at radius 1 is 1.44 bits per heavy atom. The number of carbonyl (C=O) groups excluding carboxylic acids is 1. The Labute approximate surface area is 107 Å². The van der Waals surface area contributed by atoms with Gasteiger partial charge in [0.15, 0.2) is 0 Å². The van der Waals surface area contributed by atoms with E-state index in [1.807, 2.05) is 26.0 Å². The molecule has 1 amide bonds. The molecule has 2 rings (SSSR count). The molecule has 0 aromatic carbocycles. The van der Waals surface area contributed by atoms with E-state index in [1.165, 1.54) is 5.57 Å². The molecule has 0 saturated heterocycles. The van der Waals surface area contributed by atoms with Gasteiger partial charge in [0.05, 0.1) is 5.92 Å². The first-order valence-electron chi connectivity index (χ1n) is 6.17. The summed E-state index contributed by atoms with van der Waals surface area (Å²) >= 11 is 0. The van der Waals surface area contributed by atoms with E-state index in [1.54, 1.807) is 0 Å².